The molecule has 1 aliphatic rings. The smallest absolute Gasteiger partial charge is 0.0814 e. The molecule has 16 heavy (non-hydrogen) atoms. The van der Waals surface area contributed by atoms with Gasteiger partial charge in [-0.3, -0.25) is 0 Å². The molecular formula is C15H15N. The van der Waals surface area contributed by atoms with Crippen molar-refractivity contribution in [2.75, 3.05) is 5.32 Å². The summed E-state index contributed by atoms with van der Waals surface area (Å²) in [7, 11) is 0. The third-order valence-corrected chi connectivity index (χ3v) is 2.38. The van der Waals surface area contributed by atoms with Crippen LogP contribution in [0.1, 0.15) is 13.3 Å². The van der Waals surface area contributed by atoms with E-state index in [9.17, 15) is 0 Å². The Morgan fingerprint density at radius 3 is 2.81 bits per heavy atom. The van der Waals surface area contributed by atoms with Gasteiger partial charge in [0.15, 0.2) is 0 Å². The molecule has 0 spiro atoms. The van der Waals surface area contributed by atoms with E-state index >= 15 is 0 Å². The molecule has 0 aromatic heterocycles. The zero-order valence-electron chi connectivity index (χ0n) is 9.40. The van der Waals surface area contributed by atoms with Crippen LogP contribution < -0.4 is 5.32 Å². The van der Waals surface area contributed by atoms with E-state index in [1.807, 2.05) is 36.4 Å². The van der Waals surface area contributed by atoms with Gasteiger partial charge in [-0.05, 0) is 37.6 Å². The molecule has 0 saturated heterocycles. The average molecular weight is 209 g/mol. The number of hydrogen-bond donors (Lipinski definition) is 1. The first-order valence-electron chi connectivity index (χ1n) is 5.46. The average Bonchev–Trinajstić information content (AvgIpc) is 2.27. The summed E-state index contributed by atoms with van der Waals surface area (Å²) in [6.45, 7) is 2.12. The number of anilines is 1. The number of rotatable bonds is 2. The van der Waals surface area contributed by atoms with Gasteiger partial charge in [0.1, 0.15) is 0 Å². The van der Waals surface area contributed by atoms with Crippen molar-refractivity contribution in [2.24, 2.45) is 0 Å². The van der Waals surface area contributed by atoms with Gasteiger partial charge in [0.25, 0.3) is 0 Å². The summed E-state index contributed by atoms with van der Waals surface area (Å²) in [5, 5.41) is 3.32. The van der Waals surface area contributed by atoms with Crippen LogP contribution in [0.3, 0.4) is 0 Å². The van der Waals surface area contributed by atoms with Gasteiger partial charge in [-0.1, -0.05) is 41.7 Å². The van der Waals surface area contributed by atoms with Gasteiger partial charge in [0.05, 0.1) is 5.70 Å². The van der Waals surface area contributed by atoms with Crippen molar-refractivity contribution >= 4 is 5.69 Å². The molecule has 0 bridgehead atoms. The van der Waals surface area contributed by atoms with Crippen LogP contribution in [0.15, 0.2) is 71.6 Å². The molecule has 0 unspecified atom stereocenters. The van der Waals surface area contributed by atoms with E-state index in [2.05, 4.69) is 36.2 Å². The van der Waals surface area contributed by atoms with Gasteiger partial charge < -0.3 is 5.32 Å². The molecule has 0 saturated carbocycles. The lowest BCUT2D eigenvalue weighted by atomic mass is 10.1. The lowest BCUT2D eigenvalue weighted by molar-refractivity contribution is 1.20. The molecule has 0 amide bonds. The Labute approximate surface area is 96.5 Å². The molecule has 2 rings (SSSR count). The summed E-state index contributed by atoms with van der Waals surface area (Å²) in [5.41, 5.74) is 6.65. The Bertz CT molecular complexity index is 471. The first-order chi connectivity index (χ1) is 7.84. The molecule has 0 atom stereocenters. The highest BCUT2D eigenvalue weighted by atomic mass is 14.9. The maximum atomic E-state index is 3.32. The van der Waals surface area contributed by atoms with Crippen molar-refractivity contribution in [1.29, 1.82) is 0 Å². The minimum atomic E-state index is 0.995. The van der Waals surface area contributed by atoms with Crippen molar-refractivity contribution < 1.29 is 0 Å². The fraction of sp³-hybridized carbons (Fsp3) is 0.133. The molecule has 0 fully saturated rings. The van der Waals surface area contributed by atoms with E-state index in [1.54, 1.807) is 0 Å². The van der Waals surface area contributed by atoms with Crippen LogP contribution in [-0.4, -0.2) is 0 Å². The topological polar surface area (TPSA) is 12.0 Å². The van der Waals surface area contributed by atoms with Gasteiger partial charge in [-0.15, -0.1) is 0 Å². The molecule has 80 valence electrons. The number of allylic oxidation sites excluding steroid dienone is 4. The van der Waals surface area contributed by atoms with Crippen molar-refractivity contribution in [3.63, 3.8) is 0 Å². The molecule has 1 N–H and O–H groups in total. The molecule has 0 aliphatic heterocycles. The fourth-order valence-corrected chi connectivity index (χ4v) is 1.51. The summed E-state index contributed by atoms with van der Waals surface area (Å²) < 4.78 is 0. The van der Waals surface area contributed by atoms with Crippen molar-refractivity contribution in [1.82, 2.24) is 0 Å². The largest absolute Gasteiger partial charge is 0.349 e. The maximum Gasteiger partial charge on any atom is 0.0814 e. The highest BCUT2D eigenvalue weighted by Crippen LogP contribution is 2.11. The Morgan fingerprint density at radius 2 is 2.00 bits per heavy atom. The molecule has 1 aromatic carbocycles. The van der Waals surface area contributed by atoms with Crippen LogP contribution in [-0.2, 0) is 0 Å². The summed E-state index contributed by atoms with van der Waals surface area (Å²) in [6.07, 6.45) is 9.27. The van der Waals surface area contributed by atoms with Crippen LogP contribution >= 0.6 is 0 Å². The molecule has 1 nitrogen and oxygen atoms in total. The highest BCUT2D eigenvalue weighted by Gasteiger charge is 1.94. The Morgan fingerprint density at radius 1 is 1.19 bits per heavy atom. The van der Waals surface area contributed by atoms with Crippen LogP contribution in [0.4, 0.5) is 5.69 Å². The van der Waals surface area contributed by atoms with Gasteiger partial charge in [0.2, 0.25) is 0 Å². The maximum absolute atomic E-state index is 3.32. The van der Waals surface area contributed by atoms with E-state index in [-0.39, 0.29) is 0 Å². The second-order valence-corrected chi connectivity index (χ2v) is 3.84. The van der Waals surface area contributed by atoms with Gasteiger partial charge in [-0.25, -0.2) is 0 Å². The zero-order valence-corrected chi connectivity index (χ0v) is 9.40. The highest BCUT2D eigenvalue weighted by molar-refractivity contribution is 5.50. The van der Waals surface area contributed by atoms with E-state index in [1.165, 1.54) is 5.57 Å². The predicted molar refractivity (Wildman–Crippen MR) is 69.2 cm³/mol. The summed E-state index contributed by atoms with van der Waals surface area (Å²) in [6, 6.07) is 10.1. The standard InChI is InChI=1S/C15H15N/c1-13-7-5-11-15(12-6-8-13)16-14-9-3-2-4-10-14/h2-7,9-10,12,16H,8H2,1H3/b12-6-,13-7+. The van der Waals surface area contributed by atoms with E-state index < -0.39 is 0 Å². The molecular weight excluding hydrogens is 194 g/mol. The molecule has 1 aliphatic carbocycles. The summed E-state index contributed by atoms with van der Waals surface area (Å²) in [4.78, 5) is 0. The van der Waals surface area contributed by atoms with E-state index in [4.69, 9.17) is 0 Å². The van der Waals surface area contributed by atoms with Crippen LogP contribution in [0.5, 0.6) is 0 Å². The minimum absolute atomic E-state index is 0.995. The first kappa shape index (κ1) is 10.5. The monoisotopic (exact) mass is 209 g/mol. The van der Waals surface area contributed by atoms with Crippen molar-refractivity contribution in [3.8, 4) is 0 Å². The molecule has 1 aromatic rings. The summed E-state index contributed by atoms with van der Waals surface area (Å²) >= 11 is 0. The van der Waals surface area contributed by atoms with Crippen molar-refractivity contribution in [2.45, 2.75) is 13.3 Å². The normalized spacial score (nSPS) is 20.1. The SMILES string of the molecule is C/C1=C\C=C=C(Nc2ccccc2)/C=C\C1. The number of benzene rings is 1. The van der Waals surface area contributed by atoms with Gasteiger partial charge >= 0.3 is 0 Å². The minimum Gasteiger partial charge on any atom is -0.349 e. The third kappa shape index (κ3) is 3.01. The number of para-hydroxylation sites is 1. The van der Waals surface area contributed by atoms with Crippen LogP contribution in [0.2, 0.25) is 0 Å². The lowest BCUT2D eigenvalue weighted by Gasteiger charge is -2.05. The van der Waals surface area contributed by atoms with E-state index in [0.29, 0.717) is 0 Å². The second-order valence-electron chi connectivity index (χ2n) is 3.84. The zero-order chi connectivity index (χ0) is 11.2. The van der Waals surface area contributed by atoms with Crippen LogP contribution in [0, 0.1) is 0 Å². The first-order valence-corrected chi connectivity index (χ1v) is 5.46. The summed E-state index contributed by atoms with van der Waals surface area (Å²) in [5.74, 6) is 0. The molecule has 0 radical (unpaired) electrons. The molecule has 1 heteroatoms. The Hall–Kier alpha value is -1.98. The number of hydrogen-bond acceptors (Lipinski definition) is 1. The second kappa shape index (κ2) is 5.20. The lowest BCUT2D eigenvalue weighted by Crippen LogP contribution is -1.95. The van der Waals surface area contributed by atoms with Crippen LogP contribution in [0.25, 0.3) is 0 Å². The van der Waals surface area contributed by atoms with Crippen molar-refractivity contribution in [3.05, 3.63) is 71.6 Å². The Kier molecular flexibility index (Phi) is 3.42. The third-order valence-electron chi connectivity index (χ3n) is 2.38. The van der Waals surface area contributed by atoms with E-state index in [0.717, 1.165) is 17.8 Å². The Balaban J connectivity index is 2.19. The number of nitrogens with one attached hydrogen (secondary N) is 1. The van der Waals surface area contributed by atoms with Gasteiger partial charge in [-0.2, -0.15) is 0 Å². The predicted octanol–water partition coefficient (Wildman–Crippen LogP) is 4.04. The molecule has 0 heterocycles. The van der Waals surface area contributed by atoms with Gasteiger partial charge in [0, 0.05) is 5.69 Å². The fourth-order valence-electron chi connectivity index (χ4n) is 1.51. The quantitative estimate of drug-likeness (QED) is 0.725.